The Labute approximate surface area is 182 Å². The topological polar surface area (TPSA) is 119 Å². The van der Waals surface area contributed by atoms with Gasteiger partial charge in [-0.2, -0.15) is 0 Å². The molecule has 0 fully saturated rings. The molecule has 1 amide bonds. The van der Waals surface area contributed by atoms with Crippen molar-refractivity contribution in [2.24, 2.45) is 0 Å². The summed E-state index contributed by atoms with van der Waals surface area (Å²) in [6.07, 6.45) is 1.14. The van der Waals surface area contributed by atoms with Crippen LogP contribution in [-0.4, -0.2) is 44.7 Å². The third-order valence-electron chi connectivity index (χ3n) is 4.49. The van der Waals surface area contributed by atoms with Crippen LogP contribution in [0.3, 0.4) is 0 Å². The molecule has 0 aliphatic carbocycles. The maximum absolute atomic E-state index is 12.8. The molecule has 0 radical (unpaired) electrons. The Kier molecular flexibility index (Phi) is 7.98. The van der Waals surface area contributed by atoms with Gasteiger partial charge >= 0.3 is 0 Å². The van der Waals surface area contributed by atoms with Crippen LogP contribution < -0.4 is 14.4 Å². The average Bonchev–Trinajstić information content (AvgIpc) is 2.67. The van der Waals surface area contributed by atoms with Gasteiger partial charge in [-0.25, -0.2) is 8.42 Å². The average molecular weight is 450 g/mol. The number of ether oxygens (including phenoxy) is 1. The van der Waals surface area contributed by atoms with E-state index >= 15 is 0 Å². The molecule has 0 spiro atoms. The summed E-state index contributed by atoms with van der Waals surface area (Å²) >= 11 is 0. The number of hydrogen-bond donors (Lipinski definition) is 1. The maximum atomic E-state index is 12.8. The molecule has 0 saturated heterocycles. The highest BCUT2D eigenvalue weighted by atomic mass is 32.2. The Morgan fingerprint density at radius 1 is 1.19 bits per heavy atom. The highest BCUT2D eigenvalue weighted by molar-refractivity contribution is 7.92. The van der Waals surface area contributed by atoms with Crippen LogP contribution in [0.1, 0.15) is 24.5 Å². The molecule has 9 nitrogen and oxygen atoms in total. The van der Waals surface area contributed by atoms with E-state index in [-0.39, 0.29) is 30.9 Å². The second-order valence-electron chi connectivity index (χ2n) is 7.22. The van der Waals surface area contributed by atoms with Gasteiger partial charge in [-0.1, -0.05) is 19.1 Å². The summed E-state index contributed by atoms with van der Waals surface area (Å²) in [7, 11) is -3.88. The molecule has 0 bridgehead atoms. The molecule has 0 aliphatic rings. The van der Waals surface area contributed by atoms with Gasteiger partial charge in [-0.3, -0.25) is 19.2 Å². The number of rotatable bonds is 10. The summed E-state index contributed by atoms with van der Waals surface area (Å²) in [6, 6.07) is 9.94. The number of anilines is 1. The van der Waals surface area contributed by atoms with Crippen LogP contribution >= 0.6 is 0 Å². The molecule has 2 aromatic carbocycles. The molecule has 1 atom stereocenters. The van der Waals surface area contributed by atoms with Crippen molar-refractivity contribution in [3.8, 4) is 5.75 Å². The van der Waals surface area contributed by atoms with Crippen LogP contribution in [0.4, 0.5) is 11.4 Å². The minimum Gasteiger partial charge on any atom is -0.492 e. The van der Waals surface area contributed by atoms with Crippen molar-refractivity contribution in [1.82, 2.24) is 5.32 Å². The van der Waals surface area contributed by atoms with Gasteiger partial charge in [0, 0.05) is 12.1 Å². The molecule has 10 heteroatoms. The van der Waals surface area contributed by atoms with Crippen molar-refractivity contribution in [1.29, 1.82) is 0 Å². The molecular weight excluding hydrogens is 422 g/mol. The lowest BCUT2D eigenvalue weighted by Crippen LogP contribution is -2.50. The number of hydrogen-bond acceptors (Lipinski definition) is 6. The zero-order valence-corrected chi connectivity index (χ0v) is 18.8. The molecule has 168 valence electrons. The first-order valence-electron chi connectivity index (χ1n) is 9.75. The lowest BCUT2D eigenvalue weighted by Gasteiger charge is -2.30. The summed E-state index contributed by atoms with van der Waals surface area (Å²) in [5, 5.41) is 13.8. The highest BCUT2D eigenvalue weighted by Crippen LogP contribution is 2.26. The van der Waals surface area contributed by atoms with Gasteiger partial charge in [0.2, 0.25) is 15.9 Å². The van der Waals surface area contributed by atoms with Crippen LogP contribution in [0.5, 0.6) is 5.75 Å². The second-order valence-corrected chi connectivity index (χ2v) is 9.08. The van der Waals surface area contributed by atoms with Crippen molar-refractivity contribution in [3.05, 3.63) is 63.7 Å². The van der Waals surface area contributed by atoms with E-state index < -0.39 is 26.9 Å². The Morgan fingerprint density at radius 3 is 2.39 bits per heavy atom. The van der Waals surface area contributed by atoms with Gasteiger partial charge in [0.05, 0.1) is 23.4 Å². The lowest BCUT2D eigenvalue weighted by molar-refractivity contribution is -0.384. The number of nitro groups is 1. The molecule has 2 aromatic rings. The maximum Gasteiger partial charge on any atom is 0.271 e. The van der Waals surface area contributed by atoms with Gasteiger partial charge in [0.1, 0.15) is 18.4 Å². The number of nitrogens with one attached hydrogen (secondary N) is 1. The number of benzene rings is 2. The number of non-ortho nitro benzene ring substituents is 1. The van der Waals surface area contributed by atoms with Crippen molar-refractivity contribution < 1.29 is 22.9 Å². The molecule has 0 aliphatic heterocycles. The highest BCUT2D eigenvalue weighted by Gasteiger charge is 2.32. The van der Waals surface area contributed by atoms with Gasteiger partial charge in [-0.05, 0) is 49.6 Å². The number of nitro benzene ring substituents is 1. The van der Waals surface area contributed by atoms with Gasteiger partial charge < -0.3 is 10.1 Å². The van der Waals surface area contributed by atoms with Crippen molar-refractivity contribution in [2.45, 2.75) is 33.2 Å². The third kappa shape index (κ3) is 6.68. The number of carbonyl (C=O) groups excluding carboxylic acids is 1. The van der Waals surface area contributed by atoms with E-state index in [0.29, 0.717) is 5.75 Å². The van der Waals surface area contributed by atoms with E-state index in [2.05, 4.69) is 5.32 Å². The van der Waals surface area contributed by atoms with E-state index in [1.165, 1.54) is 18.2 Å². The molecule has 31 heavy (non-hydrogen) atoms. The normalized spacial score (nSPS) is 12.1. The minimum atomic E-state index is -3.88. The SMILES string of the molecule is CC[C@@H](C(=O)NCCOc1cc(C)cc(C)c1)N(c1cccc([N+](=O)[O-])c1)S(C)(=O)=O. The summed E-state index contributed by atoms with van der Waals surface area (Å²) in [5.74, 6) is 0.177. The minimum absolute atomic E-state index is 0.0604. The zero-order valence-electron chi connectivity index (χ0n) is 18.0. The van der Waals surface area contributed by atoms with E-state index in [4.69, 9.17) is 4.74 Å². The number of amides is 1. The summed E-state index contributed by atoms with van der Waals surface area (Å²) in [5.41, 5.74) is 1.92. The number of aryl methyl sites for hydroxylation is 2. The number of nitrogens with zero attached hydrogens (tertiary/aromatic N) is 2. The molecule has 0 heterocycles. The largest absolute Gasteiger partial charge is 0.492 e. The van der Waals surface area contributed by atoms with E-state index in [1.807, 2.05) is 32.0 Å². The van der Waals surface area contributed by atoms with E-state index in [9.17, 15) is 23.3 Å². The van der Waals surface area contributed by atoms with E-state index in [0.717, 1.165) is 27.8 Å². The Balaban J connectivity index is 2.12. The van der Waals surface area contributed by atoms with Crippen LogP contribution in [-0.2, 0) is 14.8 Å². The molecule has 0 unspecified atom stereocenters. The van der Waals surface area contributed by atoms with Crippen LogP contribution in [0.25, 0.3) is 0 Å². The van der Waals surface area contributed by atoms with Crippen molar-refractivity contribution in [3.63, 3.8) is 0 Å². The first-order chi connectivity index (χ1) is 14.5. The first-order valence-corrected chi connectivity index (χ1v) is 11.6. The predicted molar refractivity (Wildman–Crippen MR) is 119 cm³/mol. The molecule has 2 rings (SSSR count). The molecule has 0 saturated carbocycles. The van der Waals surface area contributed by atoms with Gasteiger partial charge in [0.25, 0.3) is 5.69 Å². The Bertz CT molecular complexity index is 1030. The molecular formula is C21H27N3O6S. The fourth-order valence-electron chi connectivity index (χ4n) is 3.28. The first kappa shape index (κ1) is 24.1. The predicted octanol–water partition coefficient (Wildman–Crippen LogP) is 2.95. The fraction of sp³-hybridized carbons (Fsp3) is 0.381. The number of sulfonamides is 1. The second kappa shape index (κ2) is 10.3. The summed E-state index contributed by atoms with van der Waals surface area (Å²) in [6.45, 7) is 5.98. The van der Waals surface area contributed by atoms with Crippen LogP contribution in [0.2, 0.25) is 0 Å². The van der Waals surface area contributed by atoms with E-state index in [1.54, 1.807) is 6.92 Å². The fourth-order valence-corrected chi connectivity index (χ4v) is 4.48. The summed E-state index contributed by atoms with van der Waals surface area (Å²) in [4.78, 5) is 23.2. The third-order valence-corrected chi connectivity index (χ3v) is 5.67. The monoisotopic (exact) mass is 449 g/mol. The standard InChI is InChI=1S/C21H27N3O6S/c1-5-20(21(25)22-9-10-30-19-12-15(2)11-16(3)13-19)23(31(4,28)29)17-7-6-8-18(14-17)24(26)27/h6-8,11-14,20H,5,9-10H2,1-4H3,(H,22,25)/t20-/m0/s1. The molecule has 0 aromatic heterocycles. The van der Waals surface area contributed by atoms with Gasteiger partial charge in [-0.15, -0.1) is 0 Å². The van der Waals surface area contributed by atoms with Crippen LogP contribution in [0.15, 0.2) is 42.5 Å². The lowest BCUT2D eigenvalue weighted by atomic mass is 10.1. The van der Waals surface area contributed by atoms with Crippen molar-refractivity contribution in [2.75, 3.05) is 23.7 Å². The van der Waals surface area contributed by atoms with Crippen molar-refractivity contribution >= 4 is 27.3 Å². The van der Waals surface area contributed by atoms with Crippen LogP contribution in [0, 0.1) is 24.0 Å². The summed E-state index contributed by atoms with van der Waals surface area (Å²) < 4.78 is 31.5. The Hall–Kier alpha value is -3.14. The zero-order chi connectivity index (χ0) is 23.2. The smallest absolute Gasteiger partial charge is 0.271 e. The Morgan fingerprint density at radius 2 is 1.84 bits per heavy atom. The number of carbonyl (C=O) groups is 1. The van der Waals surface area contributed by atoms with Gasteiger partial charge in [0.15, 0.2) is 0 Å². The molecule has 1 N–H and O–H groups in total. The quantitative estimate of drug-likeness (QED) is 0.338.